The van der Waals surface area contributed by atoms with Crippen LogP contribution in [0.5, 0.6) is 0 Å². The quantitative estimate of drug-likeness (QED) is 0.631. The van der Waals surface area contributed by atoms with Gasteiger partial charge < -0.3 is 18.8 Å². The van der Waals surface area contributed by atoms with E-state index in [1.807, 2.05) is 27.7 Å². The normalized spacial score (nSPS) is 20.3. The lowest BCUT2D eigenvalue weighted by Crippen LogP contribution is -2.41. The summed E-state index contributed by atoms with van der Waals surface area (Å²) < 4.78 is 36.3. The van der Waals surface area contributed by atoms with Crippen LogP contribution in [-0.2, 0) is 18.8 Å². The highest BCUT2D eigenvalue weighted by atomic mass is 19.1. The summed E-state index contributed by atoms with van der Waals surface area (Å²) in [4.78, 5) is 0. The molecule has 1 aromatic carbocycles. The van der Waals surface area contributed by atoms with Crippen molar-refractivity contribution < 1.29 is 23.2 Å². The van der Waals surface area contributed by atoms with Crippen LogP contribution in [0.3, 0.4) is 0 Å². The molecule has 0 N–H and O–H groups in total. The highest BCUT2D eigenvalue weighted by Gasteiger charge is 2.52. The first-order valence-corrected chi connectivity index (χ1v) is 6.92. The van der Waals surface area contributed by atoms with Crippen molar-refractivity contribution in [1.29, 1.82) is 0 Å². The van der Waals surface area contributed by atoms with Crippen LogP contribution in [0.1, 0.15) is 39.5 Å². The Kier molecular flexibility index (Phi) is 4.45. The van der Waals surface area contributed by atoms with E-state index in [-0.39, 0.29) is 5.82 Å². The third-order valence-electron chi connectivity index (χ3n) is 4.23. The molecule has 1 aliphatic rings. The molecular weight excluding hydrogens is 274 g/mol. The third kappa shape index (κ3) is 2.99. The van der Waals surface area contributed by atoms with Gasteiger partial charge in [0.25, 0.3) is 0 Å². The Morgan fingerprint density at radius 3 is 2.05 bits per heavy atom. The average molecular weight is 296 g/mol. The van der Waals surface area contributed by atoms with Gasteiger partial charge in [-0.3, -0.25) is 0 Å². The number of hydrogen-bond donors (Lipinski definition) is 0. The predicted molar refractivity (Wildman–Crippen MR) is 78.9 cm³/mol. The Hall–Kier alpha value is -0.945. The zero-order chi connectivity index (χ0) is 15.8. The van der Waals surface area contributed by atoms with Gasteiger partial charge in [-0.1, -0.05) is 12.1 Å². The van der Waals surface area contributed by atoms with Crippen molar-refractivity contribution in [3.05, 3.63) is 29.6 Å². The van der Waals surface area contributed by atoms with Gasteiger partial charge in [-0.25, -0.2) is 4.39 Å². The molecule has 0 atom stereocenters. The van der Waals surface area contributed by atoms with Crippen molar-refractivity contribution in [2.45, 2.75) is 45.2 Å². The summed E-state index contributed by atoms with van der Waals surface area (Å²) in [6.07, 6.45) is -0.549. The van der Waals surface area contributed by atoms with E-state index in [1.165, 1.54) is 20.3 Å². The van der Waals surface area contributed by atoms with Crippen LogP contribution in [0.25, 0.3) is 0 Å². The molecular formula is C15H22BFO4. The molecule has 0 radical (unpaired) electrons. The van der Waals surface area contributed by atoms with Crippen molar-refractivity contribution in [2.24, 2.45) is 0 Å². The molecule has 0 spiro atoms. The van der Waals surface area contributed by atoms with E-state index in [1.54, 1.807) is 12.1 Å². The number of rotatable bonds is 4. The summed E-state index contributed by atoms with van der Waals surface area (Å²) >= 11 is 0. The summed E-state index contributed by atoms with van der Waals surface area (Å²) in [6, 6.07) is 4.66. The molecule has 0 aliphatic carbocycles. The molecule has 0 unspecified atom stereocenters. The Labute approximate surface area is 125 Å². The minimum atomic E-state index is -0.746. The smallest absolute Gasteiger partial charge is 0.399 e. The molecule has 1 heterocycles. The van der Waals surface area contributed by atoms with E-state index in [4.69, 9.17) is 18.8 Å². The standard InChI is InChI=1S/C15H22BFO4/c1-14(2)15(3,4)21-16(20-14)11-9-10(7-8-12(11)17)13(18-5)19-6/h7-9,13H,1-6H3. The van der Waals surface area contributed by atoms with Gasteiger partial charge in [0.2, 0.25) is 0 Å². The van der Waals surface area contributed by atoms with Crippen molar-refractivity contribution in [1.82, 2.24) is 0 Å². The SMILES string of the molecule is COC(OC)c1ccc(F)c(B2OC(C)(C)C(C)(C)O2)c1. The second kappa shape index (κ2) is 5.68. The molecule has 2 rings (SSSR count). The molecule has 0 bridgehead atoms. The first-order chi connectivity index (χ1) is 9.71. The van der Waals surface area contributed by atoms with Crippen molar-refractivity contribution in [3.63, 3.8) is 0 Å². The summed E-state index contributed by atoms with van der Waals surface area (Å²) in [5.74, 6) is -0.372. The van der Waals surface area contributed by atoms with Crippen LogP contribution in [0.4, 0.5) is 4.39 Å². The van der Waals surface area contributed by atoms with E-state index in [0.29, 0.717) is 11.0 Å². The molecule has 1 saturated heterocycles. The number of halogens is 1. The molecule has 0 saturated carbocycles. The van der Waals surface area contributed by atoms with Gasteiger partial charge in [-0.15, -0.1) is 0 Å². The van der Waals surface area contributed by atoms with Gasteiger partial charge in [-0.05, 0) is 33.8 Å². The Balaban J connectivity index is 2.35. The summed E-state index contributed by atoms with van der Waals surface area (Å²) in [6.45, 7) is 7.73. The number of methoxy groups -OCH3 is 2. The van der Waals surface area contributed by atoms with Gasteiger partial charge in [0.05, 0.1) is 11.2 Å². The van der Waals surface area contributed by atoms with Crippen LogP contribution < -0.4 is 5.46 Å². The molecule has 21 heavy (non-hydrogen) atoms. The zero-order valence-electron chi connectivity index (χ0n) is 13.4. The highest BCUT2D eigenvalue weighted by Crippen LogP contribution is 2.36. The number of ether oxygens (including phenoxy) is 2. The molecule has 6 heteroatoms. The average Bonchev–Trinajstić information content (AvgIpc) is 2.61. The first kappa shape index (κ1) is 16.4. The maximum atomic E-state index is 14.2. The van der Waals surface area contributed by atoms with Gasteiger partial charge in [0.1, 0.15) is 5.82 Å². The van der Waals surface area contributed by atoms with Crippen LogP contribution in [0.2, 0.25) is 0 Å². The number of benzene rings is 1. The van der Waals surface area contributed by atoms with Crippen LogP contribution >= 0.6 is 0 Å². The van der Waals surface area contributed by atoms with E-state index in [0.717, 1.165) is 0 Å². The lowest BCUT2D eigenvalue weighted by molar-refractivity contribution is -0.106. The minimum Gasteiger partial charge on any atom is -0.399 e. The summed E-state index contributed by atoms with van der Waals surface area (Å²) in [5.41, 5.74) is 0.0423. The fourth-order valence-electron chi connectivity index (χ4n) is 2.23. The first-order valence-electron chi connectivity index (χ1n) is 6.92. The van der Waals surface area contributed by atoms with E-state index >= 15 is 0 Å². The minimum absolute atomic E-state index is 0.352. The fourth-order valence-corrected chi connectivity index (χ4v) is 2.23. The summed E-state index contributed by atoms with van der Waals surface area (Å²) in [7, 11) is 2.32. The molecule has 0 aromatic heterocycles. The molecule has 1 aromatic rings. The van der Waals surface area contributed by atoms with Crippen LogP contribution in [-0.4, -0.2) is 32.5 Å². The molecule has 1 aliphatic heterocycles. The third-order valence-corrected chi connectivity index (χ3v) is 4.23. The van der Waals surface area contributed by atoms with Crippen LogP contribution in [0, 0.1) is 5.82 Å². The second-order valence-corrected chi connectivity index (χ2v) is 6.17. The van der Waals surface area contributed by atoms with Gasteiger partial charge in [0, 0.05) is 25.2 Å². The lowest BCUT2D eigenvalue weighted by Gasteiger charge is -2.32. The van der Waals surface area contributed by atoms with Gasteiger partial charge in [-0.2, -0.15) is 0 Å². The lowest BCUT2D eigenvalue weighted by atomic mass is 9.78. The van der Waals surface area contributed by atoms with Gasteiger partial charge in [0.15, 0.2) is 6.29 Å². The molecule has 116 valence electrons. The highest BCUT2D eigenvalue weighted by molar-refractivity contribution is 6.62. The van der Waals surface area contributed by atoms with Gasteiger partial charge >= 0.3 is 7.12 Å². The summed E-state index contributed by atoms with van der Waals surface area (Å²) in [5, 5.41) is 0. The van der Waals surface area contributed by atoms with E-state index < -0.39 is 24.6 Å². The fraction of sp³-hybridized carbons (Fsp3) is 0.600. The van der Waals surface area contributed by atoms with Crippen molar-refractivity contribution in [2.75, 3.05) is 14.2 Å². The monoisotopic (exact) mass is 296 g/mol. The van der Waals surface area contributed by atoms with E-state index in [9.17, 15) is 4.39 Å². The largest absolute Gasteiger partial charge is 0.497 e. The predicted octanol–water partition coefficient (Wildman–Crippen LogP) is 2.42. The topological polar surface area (TPSA) is 36.9 Å². The number of hydrogen-bond acceptors (Lipinski definition) is 4. The maximum Gasteiger partial charge on any atom is 0.497 e. The maximum absolute atomic E-state index is 14.2. The van der Waals surface area contributed by atoms with Crippen molar-refractivity contribution in [3.8, 4) is 0 Å². The molecule has 0 amide bonds. The van der Waals surface area contributed by atoms with Crippen molar-refractivity contribution >= 4 is 12.6 Å². The zero-order valence-corrected chi connectivity index (χ0v) is 13.4. The Morgan fingerprint density at radius 1 is 1.05 bits per heavy atom. The molecule has 1 fully saturated rings. The Morgan fingerprint density at radius 2 is 1.57 bits per heavy atom. The molecule has 4 nitrogen and oxygen atoms in total. The Bertz CT molecular complexity index is 498. The second-order valence-electron chi connectivity index (χ2n) is 6.17. The van der Waals surface area contributed by atoms with Crippen LogP contribution in [0.15, 0.2) is 18.2 Å². The van der Waals surface area contributed by atoms with E-state index in [2.05, 4.69) is 0 Å².